The number of nitrogens with zero attached hydrogens (tertiary/aromatic N) is 3. The molecule has 1 N–H and O–H groups in total. The van der Waals surface area contributed by atoms with Crippen molar-refractivity contribution in [3.8, 4) is 17.0 Å². The first kappa shape index (κ1) is 15.1. The number of aryl methyl sites for hydroxylation is 1. The van der Waals surface area contributed by atoms with Gasteiger partial charge in [0, 0.05) is 24.6 Å². The molecule has 1 saturated heterocycles. The van der Waals surface area contributed by atoms with E-state index in [0.717, 1.165) is 54.3 Å². The summed E-state index contributed by atoms with van der Waals surface area (Å²) in [5.41, 5.74) is 3.94. The molecule has 124 valence electrons. The molecule has 1 aliphatic rings. The maximum absolute atomic E-state index is 6.13. The molecule has 0 spiro atoms. The minimum atomic E-state index is 0.576. The summed E-state index contributed by atoms with van der Waals surface area (Å²) < 4.78 is 8.26. The lowest BCUT2D eigenvalue weighted by Gasteiger charge is -2.13. The van der Waals surface area contributed by atoms with E-state index in [1.54, 1.807) is 0 Å². The SMILES string of the molecule is CCn1cnc2c(-c3ccccc3)ncc(OCC3CCNC3)c21. The van der Waals surface area contributed by atoms with Crippen molar-refractivity contribution in [3.63, 3.8) is 0 Å². The maximum atomic E-state index is 6.13. The van der Waals surface area contributed by atoms with E-state index in [2.05, 4.69) is 38.9 Å². The van der Waals surface area contributed by atoms with Crippen LogP contribution in [0.25, 0.3) is 22.3 Å². The van der Waals surface area contributed by atoms with Crippen LogP contribution < -0.4 is 10.1 Å². The third-order valence-electron chi connectivity index (χ3n) is 4.63. The van der Waals surface area contributed by atoms with E-state index in [1.165, 1.54) is 6.42 Å². The second-order valence-corrected chi connectivity index (χ2v) is 6.23. The number of aromatic nitrogens is 3. The smallest absolute Gasteiger partial charge is 0.163 e. The van der Waals surface area contributed by atoms with Crippen LogP contribution in [0, 0.1) is 5.92 Å². The van der Waals surface area contributed by atoms with Gasteiger partial charge < -0.3 is 14.6 Å². The Bertz CT molecular complexity index is 822. The van der Waals surface area contributed by atoms with Crippen molar-refractivity contribution in [3.05, 3.63) is 42.9 Å². The summed E-state index contributed by atoms with van der Waals surface area (Å²) in [6.07, 6.45) is 4.90. The third-order valence-corrected chi connectivity index (χ3v) is 4.63. The predicted molar refractivity (Wildman–Crippen MR) is 95.1 cm³/mol. The minimum absolute atomic E-state index is 0.576. The maximum Gasteiger partial charge on any atom is 0.163 e. The molecule has 0 bridgehead atoms. The quantitative estimate of drug-likeness (QED) is 0.784. The largest absolute Gasteiger partial charge is 0.489 e. The van der Waals surface area contributed by atoms with Gasteiger partial charge in [0.15, 0.2) is 5.75 Å². The van der Waals surface area contributed by atoms with Crippen LogP contribution in [0.15, 0.2) is 42.9 Å². The Morgan fingerprint density at radius 1 is 1.25 bits per heavy atom. The zero-order chi connectivity index (χ0) is 16.4. The van der Waals surface area contributed by atoms with Crippen LogP contribution in [-0.2, 0) is 6.54 Å². The first-order valence-electron chi connectivity index (χ1n) is 8.59. The van der Waals surface area contributed by atoms with Crippen molar-refractivity contribution in [2.75, 3.05) is 19.7 Å². The number of nitrogens with one attached hydrogen (secondary N) is 1. The molecule has 1 aromatic carbocycles. The van der Waals surface area contributed by atoms with Gasteiger partial charge in [0.1, 0.15) is 11.0 Å². The Labute approximate surface area is 141 Å². The first-order chi connectivity index (χ1) is 11.9. The fourth-order valence-corrected chi connectivity index (χ4v) is 3.28. The number of imidazole rings is 1. The number of benzene rings is 1. The number of hydrogen-bond acceptors (Lipinski definition) is 4. The van der Waals surface area contributed by atoms with E-state index in [1.807, 2.05) is 30.7 Å². The Hall–Kier alpha value is -2.40. The lowest BCUT2D eigenvalue weighted by atomic mass is 10.1. The van der Waals surface area contributed by atoms with Crippen molar-refractivity contribution in [1.29, 1.82) is 0 Å². The number of fused-ring (bicyclic) bond motifs is 1. The molecule has 5 heteroatoms. The van der Waals surface area contributed by atoms with E-state index in [-0.39, 0.29) is 0 Å². The summed E-state index contributed by atoms with van der Waals surface area (Å²) in [4.78, 5) is 9.27. The third kappa shape index (κ3) is 2.76. The Morgan fingerprint density at radius 3 is 2.88 bits per heavy atom. The van der Waals surface area contributed by atoms with Crippen LogP contribution in [-0.4, -0.2) is 34.2 Å². The van der Waals surface area contributed by atoms with Crippen molar-refractivity contribution < 1.29 is 4.74 Å². The number of hydrogen-bond donors (Lipinski definition) is 1. The van der Waals surface area contributed by atoms with Gasteiger partial charge in [-0.3, -0.25) is 0 Å². The van der Waals surface area contributed by atoms with E-state index < -0.39 is 0 Å². The molecule has 24 heavy (non-hydrogen) atoms. The zero-order valence-electron chi connectivity index (χ0n) is 13.9. The Morgan fingerprint density at radius 2 is 2.12 bits per heavy atom. The molecule has 4 rings (SSSR count). The fourth-order valence-electron chi connectivity index (χ4n) is 3.28. The van der Waals surface area contributed by atoms with E-state index in [4.69, 9.17) is 4.74 Å². The lowest BCUT2D eigenvalue weighted by molar-refractivity contribution is 0.261. The fraction of sp³-hybridized carbons (Fsp3) is 0.368. The van der Waals surface area contributed by atoms with E-state index >= 15 is 0 Å². The van der Waals surface area contributed by atoms with Gasteiger partial charge in [-0.1, -0.05) is 30.3 Å². The van der Waals surface area contributed by atoms with Crippen molar-refractivity contribution in [2.45, 2.75) is 19.9 Å². The molecule has 2 aromatic heterocycles. The molecular weight excluding hydrogens is 300 g/mol. The molecule has 0 amide bonds. The summed E-state index contributed by atoms with van der Waals surface area (Å²) in [5.74, 6) is 1.41. The van der Waals surface area contributed by atoms with Crippen molar-refractivity contribution in [1.82, 2.24) is 19.9 Å². The molecule has 0 radical (unpaired) electrons. The lowest BCUT2D eigenvalue weighted by Crippen LogP contribution is -2.16. The van der Waals surface area contributed by atoms with Gasteiger partial charge in [0.25, 0.3) is 0 Å². The van der Waals surface area contributed by atoms with Gasteiger partial charge in [-0.15, -0.1) is 0 Å². The summed E-state index contributed by atoms with van der Waals surface area (Å²) in [6.45, 7) is 5.82. The average Bonchev–Trinajstić information content (AvgIpc) is 3.30. The van der Waals surface area contributed by atoms with Gasteiger partial charge in [-0.2, -0.15) is 0 Å². The average molecular weight is 322 g/mol. The number of rotatable bonds is 5. The Kier molecular flexibility index (Phi) is 4.17. The highest BCUT2D eigenvalue weighted by molar-refractivity contribution is 5.93. The molecular formula is C19H22N4O. The van der Waals surface area contributed by atoms with Gasteiger partial charge in [-0.25, -0.2) is 9.97 Å². The molecule has 1 atom stereocenters. The molecule has 1 aliphatic heterocycles. The van der Waals surface area contributed by atoms with Crippen molar-refractivity contribution >= 4 is 11.0 Å². The molecule has 3 heterocycles. The highest BCUT2D eigenvalue weighted by atomic mass is 16.5. The number of pyridine rings is 1. The predicted octanol–water partition coefficient (Wildman–Crippen LogP) is 3.11. The Balaban J connectivity index is 1.73. The second-order valence-electron chi connectivity index (χ2n) is 6.23. The monoisotopic (exact) mass is 322 g/mol. The van der Waals surface area contributed by atoms with E-state index in [0.29, 0.717) is 5.92 Å². The van der Waals surface area contributed by atoms with Gasteiger partial charge in [0.2, 0.25) is 0 Å². The molecule has 5 nitrogen and oxygen atoms in total. The number of ether oxygens (including phenoxy) is 1. The summed E-state index contributed by atoms with van der Waals surface area (Å²) in [7, 11) is 0. The summed E-state index contributed by atoms with van der Waals surface area (Å²) >= 11 is 0. The summed E-state index contributed by atoms with van der Waals surface area (Å²) in [5, 5.41) is 3.38. The van der Waals surface area contributed by atoms with Crippen LogP contribution in [0.1, 0.15) is 13.3 Å². The molecule has 3 aromatic rings. The van der Waals surface area contributed by atoms with Gasteiger partial charge >= 0.3 is 0 Å². The topological polar surface area (TPSA) is 52.0 Å². The second kappa shape index (κ2) is 6.61. The van der Waals surface area contributed by atoms with Crippen LogP contribution >= 0.6 is 0 Å². The van der Waals surface area contributed by atoms with Crippen LogP contribution in [0.3, 0.4) is 0 Å². The van der Waals surface area contributed by atoms with Crippen LogP contribution in [0.2, 0.25) is 0 Å². The molecule has 0 aliphatic carbocycles. The highest BCUT2D eigenvalue weighted by Gasteiger charge is 2.19. The van der Waals surface area contributed by atoms with Crippen LogP contribution in [0.4, 0.5) is 0 Å². The van der Waals surface area contributed by atoms with Gasteiger partial charge in [-0.05, 0) is 19.9 Å². The molecule has 1 unspecified atom stereocenters. The zero-order valence-corrected chi connectivity index (χ0v) is 13.9. The van der Waals surface area contributed by atoms with E-state index in [9.17, 15) is 0 Å². The highest BCUT2D eigenvalue weighted by Crippen LogP contribution is 2.32. The standard InChI is InChI=1S/C19H22N4O/c1-2-23-13-22-18-17(15-6-4-3-5-7-15)21-11-16(19(18)23)24-12-14-8-9-20-10-14/h3-7,11,13-14,20H,2,8-10,12H2,1H3. The first-order valence-corrected chi connectivity index (χ1v) is 8.59. The molecule has 1 fully saturated rings. The minimum Gasteiger partial charge on any atom is -0.489 e. The van der Waals surface area contributed by atoms with Gasteiger partial charge in [0.05, 0.1) is 24.8 Å². The van der Waals surface area contributed by atoms with Crippen LogP contribution in [0.5, 0.6) is 5.75 Å². The summed E-state index contributed by atoms with van der Waals surface area (Å²) in [6, 6.07) is 10.2. The van der Waals surface area contributed by atoms with Crippen molar-refractivity contribution in [2.24, 2.45) is 5.92 Å². The molecule has 0 saturated carbocycles. The normalized spacial score (nSPS) is 17.5.